The maximum Gasteiger partial charge on any atom is 0.287 e. The van der Waals surface area contributed by atoms with Gasteiger partial charge in [-0.15, -0.1) is 6.42 Å². The van der Waals surface area contributed by atoms with Crippen LogP contribution < -0.4 is 10.9 Å². The molecule has 0 fully saturated rings. The Morgan fingerprint density at radius 1 is 1.56 bits per heavy atom. The van der Waals surface area contributed by atoms with Crippen LogP contribution in [0.15, 0.2) is 11.0 Å². The van der Waals surface area contributed by atoms with Crippen molar-refractivity contribution in [3.63, 3.8) is 0 Å². The van der Waals surface area contributed by atoms with Crippen molar-refractivity contribution in [1.82, 2.24) is 9.78 Å². The Hall–Kier alpha value is -1.47. The molecule has 0 aromatic carbocycles. The highest BCUT2D eigenvalue weighted by molar-refractivity contribution is 6.32. The van der Waals surface area contributed by atoms with Gasteiger partial charge in [0.1, 0.15) is 5.02 Å². The molecule has 1 heterocycles. The molecule has 4 nitrogen and oxygen atoms in total. The first-order chi connectivity index (χ1) is 7.47. The SMILES string of the molecule is C#CC(C)Nc1cnn(C(C)C)c(=O)c1Cl. The standard InChI is InChI=1S/C11H14ClN3O/c1-5-8(4)14-9-6-13-15(7(2)3)11(16)10(9)12/h1,6-8,14H,2-4H3. The van der Waals surface area contributed by atoms with E-state index in [9.17, 15) is 4.79 Å². The third kappa shape index (κ3) is 2.56. The van der Waals surface area contributed by atoms with Crippen molar-refractivity contribution in [3.05, 3.63) is 21.6 Å². The number of hydrogen-bond donors (Lipinski definition) is 1. The Kier molecular flexibility index (Phi) is 3.97. The highest BCUT2D eigenvalue weighted by Gasteiger charge is 2.11. The van der Waals surface area contributed by atoms with Gasteiger partial charge in [0.2, 0.25) is 0 Å². The molecule has 0 amide bonds. The van der Waals surface area contributed by atoms with E-state index in [0.29, 0.717) is 5.69 Å². The van der Waals surface area contributed by atoms with E-state index in [1.165, 1.54) is 10.9 Å². The molecule has 0 saturated carbocycles. The molecule has 16 heavy (non-hydrogen) atoms. The number of anilines is 1. The fourth-order valence-electron chi connectivity index (χ4n) is 1.19. The first kappa shape index (κ1) is 12.6. The van der Waals surface area contributed by atoms with E-state index in [4.69, 9.17) is 18.0 Å². The number of nitrogens with zero attached hydrogens (tertiary/aromatic N) is 2. The summed E-state index contributed by atoms with van der Waals surface area (Å²) in [6.07, 6.45) is 6.74. The normalized spacial score (nSPS) is 12.2. The number of nitrogens with one attached hydrogen (secondary N) is 1. The summed E-state index contributed by atoms with van der Waals surface area (Å²) in [6, 6.07) is -0.224. The third-order valence-corrected chi connectivity index (χ3v) is 2.42. The summed E-state index contributed by atoms with van der Waals surface area (Å²) in [7, 11) is 0. The van der Waals surface area contributed by atoms with Gasteiger partial charge in [-0.3, -0.25) is 4.79 Å². The van der Waals surface area contributed by atoms with Gasteiger partial charge in [0, 0.05) is 0 Å². The van der Waals surface area contributed by atoms with E-state index in [2.05, 4.69) is 16.3 Å². The first-order valence-electron chi connectivity index (χ1n) is 4.97. The van der Waals surface area contributed by atoms with Crippen LogP contribution in [-0.2, 0) is 0 Å². The quantitative estimate of drug-likeness (QED) is 0.820. The molecular weight excluding hydrogens is 226 g/mol. The Labute approximate surface area is 99.6 Å². The van der Waals surface area contributed by atoms with Crippen LogP contribution >= 0.6 is 11.6 Å². The zero-order valence-corrected chi connectivity index (χ0v) is 10.2. The summed E-state index contributed by atoms with van der Waals surface area (Å²) in [4.78, 5) is 11.8. The predicted octanol–water partition coefficient (Wildman–Crippen LogP) is 1.91. The summed E-state index contributed by atoms with van der Waals surface area (Å²) < 4.78 is 1.33. The van der Waals surface area contributed by atoms with E-state index >= 15 is 0 Å². The fourth-order valence-corrected chi connectivity index (χ4v) is 1.38. The van der Waals surface area contributed by atoms with Gasteiger partial charge < -0.3 is 5.32 Å². The van der Waals surface area contributed by atoms with Gasteiger partial charge in [-0.1, -0.05) is 17.5 Å². The first-order valence-corrected chi connectivity index (χ1v) is 5.35. The van der Waals surface area contributed by atoms with Gasteiger partial charge in [-0.25, -0.2) is 4.68 Å². The minimum Gasteiger partial charge on any atom is -0.369 e. The smallest absolute Gasteiger partial charge is 0.287 e. The monoisotopic (exact) mass is 239 g/mol. The average molecular weight is 240 g/mol. The highest BCUT2D eigenvalue weighted by Crippen LogP contribution is 2.17. The Morgan fingerprint density at radius 2 is 2.19 bits per heavy atom. The fraction of sp³-hybridized carbons (Fsp3) is 0.455. The van der Waals surface area contributed by atoms with E-state index in [1.807, 2.05) is 13.8 Å². The lowest BCUT2D eigenvalue weighted by Crippen LogP contribution is -2.26. The molecule has 1 aromatic rings. The van der Waals surface area contributed by atoms with Gasteiger partial charge in [0.05, 0.1) is 24.0 Å². The number of aromatic nitrogens is 2. The van der Waals surface area contributed by atoms with Crippen molar-refractivity contribution in [3.8, 4) is 12.3 Å². The third-order valence-electron chi connectivity index (χ3n) is 2.05. The highest BCUT2D eigenvalue weighted by atomic mass is 35.5. The predicted molar refractivity (Wildman–Crippen MR) is 65.8 cm³/mol. The molecule has 5 heteroatoms. The number of terminal acetylenes is 1. The summed E-state index contributed by atoms with van der Waals surface area (Å²) >= 11 is 5.94. The van der Waals surface area contributed by atoms with Crippen LogP contribution in [0.5, 0.6) is 0 Å². The number of rotatable bonds is 3. The molecule has 1 aromatic heterocycles. The van der Waals surface area contributed by atoms with Crippen molar-refractivity contribution in [2.75, 3.05) is 5.32 Å². The van der Waals surface area contributed by atoms with Crippen LogP contribution in [0.4, 0.5) is 5.69 Å². The second-order valence-electron chi connectivity index (χ2n) is 3.75. The lowest BCUT2D eigenvalue weighted by Gasteiger charge is -2.13. The summed E-state index contributed by atoms with van der Waals surface area (Å²) in [5.74, 6) is 2.49. The van der Waals surface area contributed by atoms with Gasteiger partial charge >= 0.3 is 0 Å². The largest absolute Gasteiger partial charge is 0.369 e. The zero-order valence-electron chi connectivity index (χ0n) is 9.49. The van der Waals surface area contributed by atoms with Crippen molar-refractivity contribution >= 4 is 17.3 Å². The molecule has 86 valence electrons. The topological polar surface area (TPSA) is 46.9 Å². The summed E-state index contributed by atoms with van der Waals surface area (Å²) in [6.45, 7) is 5.52. The minimum atomic E-state index is -0.314. The maximum atomic E-state index is 11.8. The van der Waals surface area contributed by atoms with Crippen molar-refractivity contribution in [2.24, 2.45) is 0 Å². The van der Waals surface area contributed by atoms with E-state index in [0.717, 1.165) is 0 Å². The lowest BCUT2D eigenvalue weighted by molar-refractivity contribution is 0.503. The molecule has 0 aliphatic carbocycles. The van der Waals surface area contributed by atoms with E-state index < -0.39 is 0 Å². The van der Waals surface area contributed by atoms with Crippen LogP contribution in [0.2, 0.25) is 5.02 Å². The van der Waals surface area contributed by atoms with Gasteiger partial charge in [0.15, 0.2) is 0 Å². The van der Waals surface area contributed by atoms with Crippen molar-refractivity contribution in [1.29, 1.82) is 0 Å². The molecule has 0 aliphatic rings. The number of hydrogen-bond acceptors (Lipinski definition) is 3. The molecule has 1 atom stereocenters. The summed E-state index contributed by atoms with van der Waals surface area (Å²) in [5, 5.41) is 7.05. The van der Waals surface area contributed by atoms with Crippen molar-refractivity contribution < 1.29 is 0 Å². The van der Waals surface area contributed by atoms with Crippen LogP contribution in [0.25, 0.3) is 0 Å². The van der Waals surface area contributed by atoms with Crippen LogP contribution in [-0.4, -0.2) is 15.8 Å². The molecule has 1 N–H and O–H groups in total. The molecule has 1 rings (SSSR count). The second-order valence-corrected chi connectivity index (χ2v) is 4.13. The average Bonchev–Trinajstić information content (AvgIpc) is 2.24. The molecular formula is C11H14ClN3O. The number of halogens is 1. The second kappa shape index (κ2) is 5.04. The molecule has 0 spiro atoms. The molecule has 0 radical (unpaired) electrons. The van der Waals surface area contributed by atoms with Gasteiger partial charge in [-0.2, -0.15) is 5.10 Å². The van der Waals surface area contributed by atoms with Crippen molar-refractivity contribution in [2.45, 2.75) is 32.9 Å². The van der Waals surface area contributed by atoms with Crippen LogP contribution in [0.3, 0.4) is 0 Å². The molecule has 0 bridgehead atoms. The summed E-state index contributed by atoms with van der Waals surface area (Å²) in [5.41, 5.74) is 0.153. The van der Waals surface area contributed by atoms with E-state index in [1.54, 1.807) is 6.92 Å². The Balaban J connectivity index is 3.14. The van der Waals surface area contributed by atoms with Gasteiger partial charge in [0.25, 0.3) is 5.56 Å². The Morgan fingerprint density at radius 3 is 2.69 bits per heavy atom. The van der Waals surface area contributed by atoms with Crippen LogP contribution in [0.1, 0.15) is 26.8 Å². The van der Waals surface area contributed by atoms with Crippen LogP contribution in [0, 0.1) is 12.3 Å². The molecule has 1 unspecified atom stereocenters. The minimum absolute atomic E-state index is 0.0240. The zero-order chi connectivity index (χ0) is 12.3. The Bertz CT molecular complexity index is 473. The molecule has 0 aliphatic heterocycles. The maximum absolute atomic E-state index is 11.8. The van der Waals surface area contributed by atoms with Gasteiger partial charge in [-0.05, 0) is 20.8 Å². The van der Waals surface area contributed by atoms with E-state index in [-0.39, 0.29) is 22.7 Å². The lowest BCUT2D eigenvalue weighted by atomic mass is 10.3. The molecule has 0 saturated heterocycles.